The molecule has 3 nitrogen and oxygen atoms in total. The van der Waals surface area contributed by atoms with E-state index in [-0.39, 0.29) is 5.38 Å². The molecule has 2 heterocycles. The summed E-state index contributed by atoms with van der Waals surface area (Å²) in [6, 6.07) is 2.34. The monoisotopic (exact) mass is 311 g/mol. The second kappa shape index (κ2) is 5.90. The molecule has 0 bridgehead atoms. The number of hydrogen-bond donors (Lipinski definition) is 0. The molecule has 0 spiro atoms. The lowest BCUT2D eigenvalue weighted by atomic mass is 10.1. The summed E-state index contributed by atoms with van der Waals surface area (Å²) in [4.78, 5) is 9.16. The fraction of sp³-hybridized carbons (Fsp3) is 0.600. The second-order valence-electron chi connectivity index (χ2n) is 5.60. The third-order valence-electron chi connectivity index (χ3n) is 4.07. The molecular formula is C15H19Cl2N3. The van der Waals surface area contributed by atoms with Gasteiger partial charge in [0.05, 0.1) is 10.4 Å². The number of aromatic nitrogens is 3. The minimum Gasteiger partial charge on any atom is -0.308 e. The molecule has 0 saturated heterocycles. The summed E-state index contributed by atoms with van der Waals surface area (Å²) in [6.07, 6.45) is 9.27. The maximum absolute atomic E-state index is 6.34. The van der Waals surface area contributed by atoms with Gasteiger partial charge in [0, 0.05) is 12.2 Å². The van der Waals surface area contributed by atoms with E-state index < -0.39 is 0 Å². The van der Waals surface area contributed by atoms with Gasteiger partial charge >= 0.3 is 0 Å². The zero-order valence-corrected chi connectivity index (χ0v) is 13.2. The maximum atomic E-state index is 6.34. The largest absolute Gasteiger partial charge is 0.308 e. The minimum absolute atomic E-state index is 0.119. The van der Waals surface area contributed by atoms with Gasteiger partial charge in [-0.2, -0.15) is 0 Å². The Labute approximate surface area is 129 Å². The molecule has 1 saturated carbocycles. The molecule has 0 N–H and O–H groups in total. The molecule has 0 radical (unpaired) electrons. The lowest BCUT2D eigenvalue weighted by molar-refractivity contribution is 0.438. The molecular weight excluding hydrogens is 293 g/mol. The number of nitrogens with zero attached hydrogens (tertiary/aromatic N) is 3. The predicted molar refractivity (Wildman–Crippen MR) is 83.5 cm³/mol. The van der Waals surface area contributed by atoms with Gasteiger partial charge < -0.3 is 4.57 Å². The maximum Gasteiger partial charge on any atom is 0.160 e. The SMILES string of the molecule is CC(Cl)c1nc2cc(Cl)cnc2n1C1CCCCCC1. The van der Waals surface area contributed by atoms with Gasteiger partial charge in [0.1, 0.15) is 11.3 Å². The van der Waals surface area contributed by atoms with Crippen molar-refractivity contribution in [3.05, 3.63) is 23.1 Å². The van der Waals surface area contributed by atoms with Crippen molar-refractivity contribution >= 4 is 34.4 Å². The lowest BCUT2D eigenvalue weighted by Gasteiger charge is -2.20. The van der Waals surface area contributed by atoms with Gasteiger partial charge in [-0.05, 0) is 25.8 Å². The van der Waals surface area contributed by atoms with Gasteiger partial charge in [-0.3, -0.25) is 0 Å². The Morgan fingerprint density at radius 3 is 2.60 bits per heavy atom. The molecule has 108 valence electrons. The number of rotatable bonds is 2. The van der Waals surface area contributed by atoms with E-state index in [2.05, 4.69) is 14.5 Å². The molecule has 20 heavy (non-hydrogen) atoms. The van der Waals surface area contributed by atoms with Gasteiger partial charge in [0.2, 0.25) is 0 Å². The third kappa shape index (κ3) is 2.66. The first-order valence-corrected chi connectivity index (χ1v) is 8.15. The fourth-order valence-electron chi connectivity index (χ4n) is 3.13. The average Bonchev–Trinajstić information content (AvgIpc) is 2.59. The number of halogens is 2. The molecule has 2 aromatic heterocycles. The van der Waals surface area contributed by atoms with Crippen molar-refractivity contribution in [1.82, 2.24) is 14.5 Å². The van der Waals surface area contributed by atoms with Crippen LogP contribution in [-0.2, 0) is 0 Å². The highest BCUT2D eigenvalue weighted by Crippen LogP contribution is 2.34. The molecule has 1 atom stereocenters. The van der Waals surface area contributed by atoms with Crippen molar-refractivity contribution in [2.45, 2.75) is 56.9 Å². The van der Waals surface area contributed by atoms with Crippen molar-refractivity contribution in [3.63, 3.8) is 0 Å². The van der Waals surface area contributed by atoms with E-state index in [1.54, 1.807) is 6.20 Å². The summed E-state index contributed by atoms with van der Waals surface area (Å²) < 4.78 is 2.26. The molecule has 3 rings (SSSR count). The molecule has 2 aromatic rings. The van der Waals surface area contributed by atoms with Crippen LogP contribution in [0.2, 0.25) is 5.02 Å². The number of fused-ring (bicyclic) bond motifs is 1. The predicted octanol–water partition coefficient (Wildman–Crippen LogP) is 5.28. The van der Waals surface area contributed by atoms with Crippen molar-refractivity contribution in [2.24, 2.45) is 0 Å². The number of pyridine rings is 1. The Morgan fingerprint density at radius 2 is 1.95 bits per heavy atom. The van der Waals surface area contributed by atoms with E-state index in [0.29, 0.717) is 11.1 Å². The van der Waals surface area contributed by atoms with Gasteiger partial charge in [-0.15, -0.1) is 11.6 Å². The standard InChI is InChI=1S/C15H19Cl2N3/c1-10(16)14-19-13-8-11(17)9-18-15(13)20(14)12-6-4-2-3-5-7-12/h8-10,12H,2-7H2,1H3. The Kier molecular flexibility index (Phi) is 4.18. The lowest BCUT2D eigenvalue weighted by Crippen LogP contribution is -2.13. The Morgan fingerprint density at radius 1 is 1.25 bits per heavy atom. The summed E-state index contributed by atoms with van der Waals surface area (Å²) in [5.41, 5.74) is 1.77. The molecule has 1 aliphatic carbocycles. The van der Waals surface area contributed by atoms with E-state index >= 15 is 0 Å². The molecule has 5 heteroatoms. The normalized spacial score (nSPS) is 19.1. The topological polar surface area (TPSA) is 30.7 Å². The first-order valence-electron chi connectivity index (χ1n) is 7.34. The first-order chi connectivity index (χ1) is 9.66. The zero-order chi connectivity index (χ0) is 14.1. The number of imidazole rings is 1. The molecule has 1 unspecified atom stereocenters. The summed E-state index contributed by atoms with van der Waals surface area (Å²) in [5.74, 6) is 0.920. The van der Waals surface area contributed by atoms with Crippen molar-refractivity contribution in [2.75, 3.05) is 0 Å². The van der Waals surface area contributed by atoms with Crippen molar-refractivity contribution in [3.8, 4) is 0 Å². The Bertz CT molecular complexity index is 598. The van der Waals surface area contributed by atoms with E-state index in [1.165, 1.54) is 38.5 Å². The van der Waals surface area contributed by atoms with Crippen molar-refractivity contribution < 1.29 is 0 Å². The van der Waals surface area contributed by atoms with E-state index in [1.807, 2.05) is 13.0 Å². The quantitative estimate of drug-likeness (QED) is 0.558. The summed E-state index contributed by atoms with van der Waals surface area (Å²) in [5, 5.41) is 0.503. The summed E-state index contributed by atoms with van der Waals surface area (Å²) in [7, 11) is 0. The average molecular weight is 312 g/mol. The van der Waals surface area contributed by atoms with E-state index in [0.717, 1.165) is 17.0 Å². The van der Waals surface area contributed by atoms with Crippen LogP contribution in [0, 0.1) is 0 Å². The van der Waals surface area contributed by atoms with Gasteiger partial charge in [-0.25, -0.2) is 9.97 Å². The second-order valence-corrected chi connectivity index (χ2v) is 6.69. The highest BCUT2D eigenvalue weighted by Gasteiger charge is 2.23. The van der Waals surface area contributed by atoms with Gasteiger partial charge in [0.25, 0.3) is 0 Å². The fourth-order valence-corrected chi connectivity index (χ4v) is 3.44. The number of hydrogen-bond acceptors (Lipinski definition) is 2. The Balaban J connectivity index is 2.12. The summed E-state index contributed by atoms with van der Waals surface area (Å²) in [6.45, 7) is 1.97. The van der Waals surface area contributed by atoms with Crippen LogP contribution in [-0.4, -0.2) is 14.5 Å². The smallest absolute Gasteiger partial charge is 0.160 e. The van der Waals surface area contributed by atoms with Crippen LogP contribution >= 0.6 is 23.2 Å². The Hall–Kier alpha value is -0.800. The van der Waals surface area contributed by atoms with Crippen LogP contribution < -0.4 is 0 Å². The van der Waals surface area contributed by atoms with Crippen molar-refractivity contribution in [1.29, 1.82) is 0 Å². The van der Waals surface area contributed by atoms with Crippen LogP contribution in [0.4, 0.5) is 0 Å². The van der Waals surface area contributed by atoms with E-state index in [4.69, 9.17) is 23.2 Å². The summed E-state index contributed by atoms with van der Waals surface area (Å²) >= 11 is 12.4. The van der Waals surface area contributed by atoms with E-state index in [9.17, 15) is 0 Å². The highest BCUT2D eigenvalue weighted by molar-refractivity contribution is 6.31. The minimum atomic E-state index is -0.119. The van der Waals surface area contributed by atoms with Gasteiger partial charge in [-0.1, -0.05) is 37.3 Å². The molecule has 0 amide bonds. The van der Waals surface area contributed by atoms with Crippen LogP contribution in [0.15, 0.2) is 12.3 Å². The van der Waals surface area contributed by atoms with Gasteiger partial charge in [0.15, 0.2) is 5.65 Å². The highest BCUT2D eigenvalue weighted by atomic mass is 35.5. The van der Waals surface area contributed by atoms with Crippen LogP contribution in [0.1, 0.15) is 62.7 Å². The molecule has 1 fully saturated rings. The van der Waals surface area contributed by atoms with Crippen LogP contribution in [0.5, 0.6) is 0 Å². The van der Waals surface area contributed by atoms with Crippen LogP contribution in [0.25, 0.3) is 11.2 Å². The van der Waals surface area contributed by atoms with Crippen LogP contribution in [0.3, 0.4) is 0 Å². The molecule has 1 aliphatic rings. The zero-order valence-electron chi connectivity index (χ0n) is 11.6. The first kappa shape index (κ1) is 14.2. The molecule has 0 aromatic carbocycles. The number of alkyl halides is 1. The third-order valence-corrected chi connectivity index (χ3v) is 4.47. The molecule has 0 aliphatic heterocycles.